The first kappa shape index (κ1) is 12.3. The molecule has 2 amide bonds. The predicted octanol–water partition coefficient (Wildman–Crippen LogP) is 0.313. The third kappa shape index (κ3) is 2.05. The second-order valence-corrected chi connectivity index (χ2v) is 5.06. The maximum atomic E-state index is 12.4. The molecule has 1 unspecified atom stereocenters. The summed E-state index contributed by atoms with van der Waals surface area (Å²) >= 11 is 0. The molecule has 0 saturated carbocycles. The molecule has 5 nitrogen and oxygen atoms in total. The number of fused-ring (bicyclic) bond motifs is 1. The lowest BCUT2D eigenvalue weighted by Gasteiger charge is -2.19. The summed E-state index contributed by atoms with van der Waals surface area (Å²) in [4.78, 5) is 25.8. The monoisotopic (exact) mass is 259 g/mol. The third-order valence-corrected chi connectivity index (χ3v) is 3.79. The summed E-state index contributed by atoms with van der Waals surface area (Å²) in [5.41, 5.74) is 8.21. The van der Waals surface area contributed by atoms with E-state index in [9.17, 15) is 9.59 Å². The van der Waals surface area contributed by atoms with Crippen molar-refractivity contribution < 1.29 is 9.59 Å². The molecule has 0 spiro atoms. The van der Waals surface area contributed by atoms with Gasteiger partial charge in [-0.15, -0.1) is 0 Å². The van der Waals surface area contributed by atoms with Gasteiger partial charge in [-0.3, -0.25) is 9.59 Å². The van der Waals surface area contributed by atoms with Crippen molar-refractivity contribution in [3.63, 3.8) is 0 Å². The molecule has 0 bridgehead atoms. The summed E-state index contributed by atoms with van der Waals surface area (Å²) in [5, 5.41) is 3.14. The van der Waals surface area contributed by atoms with Gasteiger partial charge < -0.3 is 11.1 Å². The molecule has 0 aromatic heterocycles. The Hall–Kier alpha value is -1.72. The number of hydrogen-bond donors (Lipinski definition) is 2. The highest BCUT2D eigenvalue weighted by Crippen LogP contribution is 2.31. The van der Waals surface area contributed by atoms with Gasteiger partial charge in [0.2, 0.25) is 5.91 Å². The number of carbonyl (C=O) groups excluding carboxylic acids is 2. The fraction of sp³-hybridized carbons (Fsp3) is 0.429. The van der Waals surface area contributed by atoms with Crippen molar-refractivity contribution in [1.82, 2.24) is 5.32 Å². The van der Waals surface area contributed by atoms with E-state index in [0.717, 1.165) is 36.2 Å². The number of amides is 2. The van der Waals surface area contributed by atoms with E-state index in [2.05, 4.69) is 5.32 Å². The molecule has 0 radical (unpaired) electrons. The Balaban J connectivity index is 1.91. The second-order valence-electron chi connectivity index (χ2n) is 5.06. The van der Waals surface area contributed by atoms with Crippen molar-refractivity contribution in [2.45, 2.75) is 31.8 Å². The average molecular weight is 259 g/mol. The molecule has 1 fully saturated rings. The molecule has 5 heteroatoms. The number of benzene rings is 1. The third-order valence-electron chi connectivity index (χ3n) is 3.79. The van der Waals surface area contributed by atoms with Crippen LogP contribution < -0.4 is 16.0 Å². The number of nitrogens with two attached hydrogens (primary N) is 1. The molecule has 1 aromatic carbocycles. The van der Waals surface area contributed by atoms with E-state index >= 15 is 0 Å². The largest absolute Gasteiger partial charge is 0.326 e. The van der Waals surface area contributed by atoms with Gasteiger partial charge in [0.25, 0.3) is 5.91 Å². The van der Waals surface area contributed by atoms with Crippen LogP contribution in [0.25, 0.3) is 0 Å². The Morgan fingerprint density at radius 2 is 2.32 bits per heavy atom. The lowest BCUT2D eigenvalue weighted by molar-refractivity contribution is -0.126. The van der Waals surface area contributed by atoms with Crippen LogP contribution in [-0.4, -0.2) is 24.4 Å². The molecule has 100 valence electrons. The molecule has 2 aliphatic rings. The van der Waals surface area contributed by atoms with E-state index in [4.69, 9.17) is 5.73 Å². The first-order valence-electron chi connectivity index (χ1n) is 6.63. The van der Waals surface area contributed by atoms with Gasteiger partial charge in [0.15, 0.2) is 0 Å². The zero-order valence-electron chi connectivity index (χ0n) is 10.7. The van der Waals surface area contributed by atoms with Crippen LogP contribution in [0.2, 0.25) is 0 Å². The number of nitrogens with one attached hydrogen (secondary N) is 1. The van der Waals surface area contributed by atoms with E-state index in [0.29, 0.717) is 13.0 Å². The zero-order valence-corrected chi connectivity index (χ0v) is 10.7. The second kappa shape index (κ2) is 4.75. The van der Waals surface area contributed by atoms with E-state index in [1.807, 2.05) is 18.2 Å². The molecule has 0 aliphatic carbocycles. The van der Waals surface area contributed by atoms with Gasteiger partial charge in [-0.1, -0.05) is 12.1 Å². The van der Waals surface area contributed by atoms with Crippen molar-refractivity contribution in [1.29, 1.82) is 0 Å². The van der Waals surface area contributed by atoms with Gasteiger partial charge in [-0.05, 0) is 36.6 Å². The first-order valence-corrected chi connectivity index (χ1v) is 6.63. The Bertz CT molecular complexity index is 535. The molecule has 1 saturated heterocycles. The van der Waals surface area contributed by atoms with Crippen LogP contribution >= 0.6 is 0 Å². The summed E-state index contributed by atoms with van der Waals surface area (Å²) in [6.45, 7) is 1.29. The van der Waals surface area contributed by atoms with Crippen molar-refractivity contribution in [2.75, 3.05) is 11.4 Å². The van der Waals surface area contributed by atoms with Crippen LogP contribution in [0.4, 0.5) is 5.69 Å². The van der Waals surface area contributed by atoms with Gasteiger partial charge in [0, 0.05) is 6.54 Å². The first-order chi connectivity index (χ1) is 9.20. The van der Waals surface area contributed by atoms with Gasteiger partial charge in [-0.2, -0.15) is 0 Å². The molecule has 2 aliphatic heterocycles. The van der Waals surface area contributed by atoms with Gasteiger partial charge in [0.1, 0.15) is 0 Å². The number of carbonyl (C=O) groups is 2. The molecule has 3 rings (SSSR count). The number of imide groups is 1. The van der Waals surface area contributed by atoms with Crippen LogP contribution in [0.5, 0.6) is 0 Å². The maximum Gasteiger partial charge on any atom is 0.250 e. The number of rotatable bonds is 2. The SMILES string of the molecule is NCc1ccc2c(c1)CC(=O)N2C(=O)C1CCCN1. The summed E-state index contributed by atoms with van der Waals surface area (Å²) in [5.74, 6) is -0.260. The minimum atomic E-state index is -0.218. The molecular weight excluding hydrogens is 242 g/mol. The molecule has 2 heterocycles. The van der Waals surface area contributed by atoms with Crippen molar-refractivity contribution >= 4 is 17.5 Å². The van der Waals surface area contributed by atoms with Gasteiger partial charge in [-0.25, -0.2) is 4.90 Å². The quantitative estimate of drug-likeness (QED) is 0.750. The van der Waals surface area contributed by atoms with Gasteiger partial charge in [0.05, 0.1) is 18.2 Å². The van der Waals surface area contributed by atoms with E-state index < -0.39 is 0 Å². The lowest BCUT2D eigenvalue weighted by Crippen LogP contribution is -2.45. The highest BCUT2D eigenvalue weighted by atomic mass is 16.2. The molecule has 19 heavy (non-hydrogen) atoms. The highest BCUT2D eigenvalue weighted by molar-refractivity contribution is 6.20. The topological polar surface area (TPSA) is 75.4 Å². The summed E-state index contributed by atoms with van der Waals surface area (Å²) < 4.78 is 0. The molecule has 3 N–H and O–H groups in total. The molecule has 1 atom stereocenters. The number of anilines is 1. The van der Waals surface area contributed by atoms with Crippen molar-refractivity contribution in [2.24, 2.45) is 5.73 Å². The van der Waals surface area contributed by atoms with Crippen molar-refractivity contribution in [3.8, 4) is 0 Å². The Morgan fingerprint density at radius 1 is 1.47 bits per heavy atom. The van der Waals surface area contributed by atoms with Crippen LogP contribution in [0.3, 0.4) is 0 Å². The van der Waals surface area contributed by atoms with Crippen LogP contribution in [0, 0.1) is 0 Å². The summed E-state index contributed by atoms with van der Waals surface area (Å²) in [6.07, 6.45) is 2.08. The smallest absolute Gasteiger partial charge is 0.250 e. The Kier molecular flexibility index (Phi) is 3.08. The van der Waals surface area contributed by atoms with Crippen LogP contribution in [0.1, 0.15) is 24.0 Å². The normalized spacial score (nSPS) is 21.8. The Labute approximate surface area is 111 Å². The Morgan fingerprint density at radius 3 is 3.00 bits per heavy atom. The van der Waals surface area contributed by atoms with E-state index in [1.54, 1.807) is 0 Å². The summed E-state index contributed by atoms with van der Waals surface area (Å²) in [7, 11) is 0. The maximum absolute atomic E-state index is 12.4. The fourth-order valence-electron chi connectivity index (χ4n) is 2.79. The lowest BCUT2D eigenvalue weighted by atomic mass is 10.1. The summed E-state index contributed by atoms with van der Waals surface area (Å²) in [6, 6.07) is 5.40. The minimum absolute atomic E-state index is 0.123. The number of nitrogens with zero attached hydrogens (tertiary/aromatic N) is 1. The van der Waals surface area contributed by atoms with Gasteiger partial charge >= 0.3 is 0 Å². The predicted molar refractivity (Wildman–Crippen MR) is 71.6 cm³/mol. The van der Waals surface area contributed by atoms with E-state index in [-0.39, 0.29) is 17.9 Å². The molecule has 1 aromatic rings. The average Bonchev–Trinajstić information content (AvgIpc) is 3.03. The highest BCUT2D eigenvalue weighted by Gasteiger charge is 2.36. The van der Waals surface area contributed by atoms with Crippen LogP contribution in [-0.2, 0) is 22.6 Å². The zero-order chi connectivity index (χ0) is 13.4. The number of hydrogen-bond acceptors (Lipinski definition) is 4. The van der Waals surface area contributed by atoms with Crippen molar-refractivity contribution in [3.05, 3.63) is 29.3 Å². The van der Waals surface area contributed by atoms with Crippen LogP contribution in [0.15, 0.2) is 18.2 Å². The van der Waals surface area contributed by atoms with E-state index in [1.165, 1.54) is 4.90 Å². The molecular formula is C14H17N3O2. The fourth-order valence-corrected chi connectivity index (χ4v) is 2.79. The minimum Gasteiger partial charge on any atom is -0.326 e. The standard InChI is InChI=1S/C14H17N3O2/c15-8-9-3-4-12-10(6-9)7-13(18)17(12)14(19)11-2-1-5-16-11/h3-4,6,11,16H,1-2,5,7-8,15H2.